The Labute approximate surface area is 138 Å². The maximum Gasteiger partial charge on any atom is 0.272 e. The van der Waals surface area contributed by atoms with Crippen molar-refractivity contribution in [2.75, 3.05) is 5.32 Å². The van der Waals surface area contributed by atoms with Gasteiger partial charge in [-0.05, 0) is 55.6 Å². The summed E-state index contributed by atoms with van der Waals surface area (Å²) in [5.41, 5.74) is 1.63. The van der Waals surface area contributed by atoms with E-state index < -0.39 is 11.7 Å². The Balaban J connectivity index is 2.08. The van der Waals surface area contributed by atoms with Crippen LogP contribution in [-0.2, 0) is 6.54 Å². The van der Waals surface area contributed by atoms with Crippen LogP contribution in [0.3, 0.4) is 0 Å². The summed E-state index contributed by atoms with van der Waals surface area (Å²) < 4.78 is 14.9. The van der Waals surface area contributed by atoms with Crippen molar-refractivity contribution in [3.63, 3.8) is 0 Å². The first-order valence-corrected chi connectivity index (χ1v) is 7.70. The standard InChI is InChI=1S/C19H17FN2O2/c1-3-22-17(18(23)21-15-7-4-12(2)5-8-15)11-13-10-14(20)6-9-16(13)19(22)24/h4-11H,3H2,1-2H3,(H,21,23). The summed E-state index contributed by atoms with van der Waals surface area (Å²) in [7, 11) is 0. The third-order valence-corrected chi connectivity index (χ3v) is 3.93. The summed E-state index contributed by atoms with van der Waals surface area (Å²) >= 11 is 0. The molecule has 0 bridgehead atoms. The van der Waals surface area contributed by atoms with E-state index in [4.69, 9.17) is 0 Å². The minimum atomic E-state index is -0.443. The molecule has 1 aromatic heterocycles. The molecule has 0 aliphatic carbocycles. The fourth-order valence-corrected chi connectivity index (χ4v) is 2.66. The molecule has 122 valence electrons. The van der Waals surface area contributed by atoms with Crippen molar-refractivity contribution >= 4 is 22.4 Å². The molecule has 1 heterocycles. The molecule has 0 spiro atoms. The second kappa shape index (κ2) is 6.28. The Hall–Kier alpha value is -2.95. The van der Waals surface area contributed by atoms with Crippen LogP contribution in [0.5, 0.6) is 0 Å². The number of aromatic nitrogens is 1. The van der Waals surface area contributed by atoms with Gasteiger partial charge >= 0.3 is 0 Å². The van der Waals surface area contributed by atoms with Crippen LogP contribution in [0.25, 0.3) is 10.8 Å². The average Bonchev–Trinajstić information content (AvgIpc) is 2.56. The number of fused-ring (bicyclic) bond motifs is 1. The first-order chi connectivity index (χ1) is 11.5. The average molecular weight is 324 g/mol. The van der Waals surface area contributed by atoms with Gasteiger partial charge in [0.15, 0.2) is 0 Å². The van der Waals surface area contributed by atoms with Crippen LogP contribution in [-0.4, -0.2) is 10.5 Å². The van der Waals surface area contributed by atoms with Crippen LogP contribution in [0.4, 0.5) is 10.1 Å². The Kier molecular flexibility index (Phi) is 4.16. The van der Waals surface area contributed by atoms with E-state index in [1.807, 2.05) is 19.1 Å². The van der Waals surface area contributed by atoms with E-state index in [9.17, 15) is 14.0 Å². The number of carbonyl (C=O) groups excluding carboxylic acids is 1. The zero-order valence-electron chi connectivity index (χ0n) is 13.5. The Morgan fingerprint density at radius 1 is 1.12 bits per heavy atom. The number of aryl methyl sites for hydroxylation is 1. The van der Waals surface area contributed by atoms with E-state index in [-0.39, 0.29) is 11.3 Å². The maximum absolute atomic E-state index is 13.5. The highest BCUT2D eigenvalue weighted by molar-refractivity contribution is 6.05. The molecule has 3 aromatic rings. The lowest BCUT2D eigenvalue weighted by atomic mass is 10.1. The Bertz CT molecular complexity index is 975. The van der Waals surface area contributed by atoms with Crippen LogP contribution < -0.4 is 10.9 Å². The van der Waals surface area contributed by atoms with Gasteiger partial charge in [-0.15, -0.1) is 0 Å². The van der Waals surface area contributed by atoms with Crippen molar-refractivity contribution < 1.29 is 9.18 Å². The summed E-state index contributed by atoms with van der Waals surface area (Å²) in [6.45, 7) is 4.10. The highest BCUT2D eigenvalue weighted by Crippen LogP contribution is 2.16. The lowest BCUT2D eigenvalue weighted by Crippen LogP contribution is -2.28. The van der Waals surface area contributed by atoms with E-state index in [1.165, 1.54) is 22.8 Å². The van der Waals surface area contributed by atoms with Crippen LogP contribution in [0.15, 0.2) is 53.3 Å². The summed E-state index contributed by atoms with van der Waals surface area (Å²) in [5, 5.41) is 3.58. The summed E-state index contributed by atoms with van der Waals surface area (Å²) in [4.78, 5) is 25.1. The highest BCUT2D eigenvalue weighted by Gasteiger charge is 2.15. The summed E-state index contributed by atoms with van der Waals surface area (Å²) in [5.74, 6) is -0.843. The van der Waals surface area contributed by atoms with E-state index in [0.29, 0.717) is 23.0 Å². The molecule has 0 aliphatic rings. The lowest BCUT2D eigenvalue weighted by Gasteiger charge is -2.13. The van der Waals surface area contributed by atoms with Gasteiger partial charge in [-0.3, -0.25) is 9.59 Å². The molecular formula is C19H17FN2O2. The fourth-order valence-electron chi connectivity index (χ4n) is 2.66. The number of carbonyl (C=O) groups is 1. The molecule has 1 N–H and O–H groups in total. The molecule has 0 saturated carbocycles. The number of rotatable bonds is 3. The third kappa shape index (κ3) is 2.93. The molecule has 3 rings (SSSR count). The molecule has 0 saturated heterocycles. The molecule has 5 heteroatoms. The number of nitrogens with one attached hydrogen (secondary N) is 1. The predicted octanol–water partition coefficient (Wildman–Crippen LogP) is 3.72. The van der Waals surface area contributed by atoms with Crippen LogP contribution >= 0.6 is 0 Å². The molecule has 24 heavy (non-hydrogen) atoms. The zero-order valence-corrected chi connectivity index (χ0v) is 13.5. The third-order valence-electron chi connectivity index (χ3n) is 3.93. The smallest absolute Gasteiger partial charge is 0.272 e. The van der Waals surface area contributed by atoms with Gasteiger partial charge in [0.1, 0.15) is 11.5 Å². The van der Waals surface area contributed by atoms with Gasteiger partial charge in [0.05, 0.1) is 0 Å². The molecule has 0 unspecified atom stereocenters. The minimum Gasteiger partial charge on any atom is -0.321 e. The van der Waals surface area contributed by atoms with Crippen molar-refractivity contribution in [1.29, 1.82) is 0 Å². The molecule has 4 nitrogen and oxygen atoms in total. The van der Waals surface area contributed by atoms with Gasteiger partial charge in [-0.25, -0.2) is 4.39 Å². The predicted molar refractivity (Wildman–Crippen MR) is 93.0 cm³/mol. The van der Waals surface area contributed by atoms with Gasteiger partial charge in [0, 0.05) is 17.6 Å². The number of nitrogens with zero attached hydrogens (tertiary/aromatic N) is 1. The number of anilines is 1. The van der Waals surface area contributed by atoms with Gasteiger partial charge in [0.2, 0.25) is 0 Å². The topological polar surface area (TPSA) is 51.1 Å². The molecule has 1 amide bonds. The van der Waals surface area contributed by atoms with Crippen LogP contribution in [0.1, 0.15) is 23.0 Å². The number of hydrogen-bond donors (Lipinski definition) is 1. The zero-order chi connectivity index (χ0) is 17.3. The Morgan fingerprint density at radius 2 is 1.83 bits per heavy atom. The van der Waals surface area contributed by atoms with Crippen LogP contribution in [0.2, 0.25) is 0 Å². The molecule has 0 radical (unpaired) electrons. The number of amides is 1. The first kappa shape index (κ1) is 15.9. The summed E-state index contributed by atoms with van der Waals surface area (Å²) in [6.07, 6.45) is 0. The fraction of sp³-hybridized carbons (Fsp3) is 0.158. The number of pyridine rings is 1. The molecule has 0 fully saturated rings. The normalized spacial score (nSPS) is 10.8. The molecule has 0 aliphatic heterocycles. The van der Waals surface area contributed by atoms with Crippen molar-refractivity contribution in [1.82, 2.24) is 4.57 Å². The quantitative estimate of drug-likeness (QED) is 0.798. The van der Waals surface area contributed by atoms with E-state index in [0.717, 1.165) is 5.56 Å². The lowest BCUT2D eigenvalue weighted by molar-refractivity contribution is 0.101. The number of benzene rings is 2. The minimum absolute atomic E-state index is 0.209. The Morgan fingerprint density at radius 3 is 2.50 bits per heavy atom. The van der Waals surface area contributed by atoms with Crippen molar-refractivity contribution in [2.45, 2.75) is 20.4 Å². The SMILES string of the molecule is CCn1c(C(=O)Nc2ccc(C)cc2)cc2cc(F)ccc2c1=O. The summed E-state index contributed by atoms with van der Waals surface area (Å²) in [6, 6.07) is 12.9. The van der Waals surface area contributed by atoms with Gasteiger partial charge in [-0.1, -0.05) is 17.7 Å². The van der Waals surface area contributed by atoms with E-state index in [1.54, 1.807) is 25.1 Å². The monoisotopic (exact) mass is 324 g/mol. The van der Waals surface area contributed by atoms with Crippen molar-refractivity contribution in [3.05, 3.63) is 76.0 Å². The van der Waals surface area contributed by atoms with E-state index >= 15 is 0 Å². The number of hydrogen-bond acceptors (Lipinski definition) is 2. The van der Waals surface area contributed by atoms with Gasteiger partial charge in [0.25, 0.3) is 11.5 Å². The van der Waals surface area contributed by atoms with Gasteiger partial charge < -0.3 is 9.88 Å². The maximum atomic E-state index is 13.5. The number of halogens is 1. The largest absolute Gasteiger partial charge is 0.321 e. The molecular weight excluding hydrogens is 307 g/mol. The second-order valence-electron chi connectivity index (χ2n) is 5.63. The van der Waals surface area contributed by atoms with Crippen molar-refractivity contribution in [2.24, 2.45) is 0 Å². The molecule has 0 atom stereocenters. The highest BCUT2D eigenvalue weighted by atomic mass is 19.1. The van der Waals surface area contributed by atoms with Crippen LogP contribution in [0, 0.1) is 12.7 Å². The van der Waals surface area contributed by atoms with Crippen molar-refractivity contribution in [3.8, 4) is 0 Å². The second-order valence-corrected chi connectivity index (χ2v) is 5.63. The van der Waals surface area contributed by atoms with E-state index in [2.05, 4.69) is 5.32 Å². The first-order valence-electron chi connectivity index (χ1n) is 7.70. The molecule has 2 aromatic carbocycles. The van der Waals surface area contributed by atoms with Gasteiger partial charge in [-0.2, -0.15) is 0 Å².